The van der Waals surface area contributed by atoms with Gasteiger partial charge >= 0.3 is 6.03 Å². The molecule has 0 saturated heterocycles. The Labute approximate surface area is 191 Å². The molecule has 2 unspecified atom stereocenters. The van der Waals surface area contributed by atoms with Crippen molar-refractivity contribution in [1.29, 1.82) is 0 Å². The Morgan fingerprint density at radius 2 is 2.00 bits per heavy atom. The summed E-state index contributed by atoms with van der Waals surface area (Å²) in [6, 6.07) is 9.23. The number of likely N-dealkylation sites (N-methyl/N-ethyl adjacent to an activating group) is 1. The van der Waals surface area contributed by atoms with E-state index in [2.05, 4.69) is 15.5 Å². The highest BCUT2D eigenvalue weighted by Gasteiger charge is 2.27. The van der Waals surface area contributed by atoms with E-state index < -0.39 is 25.0 Å². The zero-order valence-electron chi connectivity index (χ0n) is 16.2. The minimum atomic E-state index is -1.86. The lowest BCUT2D eigenvalue weighted by molar-refractivity contribution is -0.0743. The number of carbonyl (C=O) groups is 1. The van der Waals surface area contributed by atoms with Crippen LogP contribution in [0.5, 0.6) is 0 Å². The van der Waals surface area contributed by atoms with Gasteiger partial charge < -0.3 is 30.9 Å². The fraction of sp³-hybridized carbons (Fsp3) is 0.350. The fourth-order valence-corrected chi connectivity index (χ4v) is 4.08. The summed E-state index contributed by atoms with van der Waals surface area (Å²) in [7, 11) is 2.02. The molecular formula is C20H24Cl3N3O4. The first-order valence-electron chi connectivity index (χ1n) is 9.09. The van der Waals surface area contributed by atoms with Crippen molar-refractivity contribution in [1.82, 2.24) is 10.2 Å². The summed E-state index contributed by atoms with van der Waals surface area (Å²) >= 11 is 12.6. The Hall–Kier alpha value is -1.58. The van der Waals surface area contributed by atoms with Crippen LogP contribution < -0.4 is 10.6 Å². The third kappa shape index (κ3) is 5.76. The molecule has 2 atom stereocenters. The SMILES string of the molecule is CN1Cc2c(Cl)cc(Cl)cc2C(c2cccc(NC(=O)NC(CO)C(O)O)c2)C1.Cl. The number of amides is 2. The van der Waals surface area contributed by atoms with Crippen LogP contribution in [0.15, 0.2) is 36.4 Å². The molecule has 0 spiro atoms. The second-order valence-corrected chi connectivity index (χ2v) is 7.97. The Bertz CT molecular complexity index is 898. The number of fused-ring (bicyclic) bond motifs is 1. The number of aliphatic hydroxyl groups excluding tert-OH is 2. The molecule has 1 aliphatic heterocycles. The number of hydrogen-bond donors (Lipinski definition) is 5. The summed E-state index contributed by atoms with van der Waals surface area (Å²) in [5.74, 6) is 0.0224. The van der Waals surface area contributed by atoms with Crippen molar-refractivity contribution in [2.75, 3.05) is 25.5 Å². The second-order valence-electron chi connectivity index (χ2n) is 7.13. The number of nitrogens with zero attached hydrogens (tertiary/aromatic N) is 1. The number of aliphatic hydroxyl groups is 3. The molecule has 30 heavy (non-hydrogen) atoms. The van der Waals surface area contributed by atoms with Gasteiger partial charge in [-0.15, -0.1) is 12.4 Å². The molecule has 10 heteroatoms. The van der Waals surface area contributed by atoms with Crippen molar-refractivity contribution in [3.63, 3.8) is 0 Å². The van der Waals surface area contributed by atoms with E-state index in [0.717, 1.165) is 29.8 Å². The maximum Gasteiger partial charge on any atom is 0.319 e. The van der Waals surface area contributed by atoms with Gasteiger partial charge in [-0.1, -0.05) is 35.3 Å². The molecule has 164 valence electrons. The van der Waals surface area contributed by atoms with E-state index in [9.17, 15) is 4.79 Å². The molecule has 3 rings (SSSR count). The van der Waals surface area contributed by atoms with E-state index in [-0.39, 0.29) is 18.3 Å². The number of benzene rings is 2. The molecule has 1 heterocycles. The van der Waals surface area contributed by atoms with Gasteiger partial charge in [-0.3, -0.25) is 0 Å². The van der Waals surface area contributed by atoms with Gasteiger partial charge in [0.15, 0.2) is 6.29 Å². The maximum absolute atomic E-state index is 12.1. The number of anilines is 1. The zero-order valence-corrected chi connectivity index (χ0v) is 18.5. The van der Waals surface area contributed by atoms with Gasteiger partial charge in [0, 0.05) is 34.7 Å². The van der Waals surface area contributed by atoms with Crippen LogP contribution in [-0.4, -0.2) is 58.8 Å². The predicted molar refractivity (Wildman–Crippen MR) is 120 cm³/mol. The number of nitrogens with one attached hydrogen (secondary N) is 2. The van der Waals surface area contributed by atoms with Crippen molar-refractivity contribution >= 4 is 47.3 Å². The topological polar surface area (TPSA) is 105 Å². The zero-order chi connectivity index (χ0) is 21.1. The molecule has 2 aromatic carbocycles. The number of carbonyl (C=O) groups excluding carboxylic acids is 1. The summed E-state index contributed by atoms with van der Waals surface area (Å²) in [5.41, 5.74) is 3.61. The van der Waals surface area contributed by atoms with Crippen molar-refractivity contribution in [2.24, 2.45) is 0 Å². The summed E-state index contributed by atoms with van der Waals surface area (Å²) < 4.78 is 0. The van der Waals surface area contributed by atoms with Crippen molar-refractivity contribution in [3.05, 3.63) is 63.1 Å². The molecule has 2 aromatic rings. The number of urea groups is 1. The van der Waals surface area contributed by atoms with Gasteiger partial charge in [-0.05, 0) is 48.0 Å². The number of halogens is 3. The van der Waals surface area contributed by atoms with Crippen LogP contribution in [0, 0.1) is 0 Å². The molecule has 2 amide bonds. The van der Waals surface area contributed by atoms with E-state index in [1.807, 2.05) is 31.3 Å². The number of rotatable bonds is 5. The lowest BCUT2D eigenvalue weighted by Crippen LogP contribution is -2.47. The van der Waals surface area contributed by atoms with Crippen LogP contribution in [0.3, 0.4) is 0 Å². The molecule has 0 fully saturated rings. The first kappa shape index (κ1) is 24.7. The van der Waals surface area contributed by atoms with E-state index in [0.29, 0.717) is 15.7 Å². The normalized spacial score (nSPS) is 17.1. The smallest absolute Gasteiger partial charge is 0.319 e. The van der Waals surface area contributed by atoms with Crippen molar-refractivity contribution in [2.45, 2.75) is 24.8 Å². The van der Waals surface area contributed by atoms with E-state index >= 15 is 0 Å². The van der Waals surface area contributed by atoms with Crippen LogP contribution in [0.25, 0.3) is 0 Å². The van der Waals surface area contributed by atoms with Crippen LogP contribution in [0.2, 0.25) is 10.0 Å². The Kier molecular flexibility index (Phi) is 8.75. The van der Waals surface area contributed by atoms with Gasteiger partial charge in [0.05, 0.1) is 6.61 Å². The minimum Gasteiger partial charge on any atom is -0.394 e. The third-order valence-corrected chi connectivity index (χ3v) is 5.47. The molecule has 0 aliphatic carbocycles. The van der Waals surface area contributed by atoms with E-state index in [4.69, 9.17) is 38.5 Å². The fourth-order valence-electron chi connectivity index (χ4n) is 3.51. The second kappa shape index (κ2) is 10.6. The van der Waals surface area contributed by atoms with Crippen LogP contribution in [0.4, 0.5) is 10.5 Å². The highest BCUT2D eigenvalue weighted by Crippen LogP contribution is 2.38. The average molecular weight is 477 g/mol. The van der Waals surface area contributed by atoms with Gasteiger partial charge in [0.25, 0.3) is 0 Å². The van der Waals surface area contributed by atoms with Crippen LogP contribution >= 0.6 is 35.6 Å². The third-order valence-electron chi connectivity index (χ3n) is 4.91. The average Bonchev–Trinajstić information content (AvgIpc) is 2.66. The molecule has 0 bridgehead atoms. The van der Waals surface area contributed by atoms with Gasteiger partial charge in [0.1, 0.15) is 6.04 Å². The standard InChI is InChI=1S/C20H23Cl2N3O4.ClH/c1-25-8-15(14-6-12(21)7-17(22)16(14)9-25)11-3-2-4-13(5-11)23-20(29)24-18(10-26)19(27)28;/h2-7,15,18-19,26-28H,8-10H2,1H3,(H2,23,24,29);1H. The Balaban J connectivity index is 0.00000320. The lowest BCUT2D eigenvalue weighted by Gasteiger charge is -2.33. The lowest BCUT2D eigenvalue weighted by atomic mass is 9.84. The Morgan fingerprint density at radius 3 is 2.67 bits per heavy atom. The van der Waals surface area contributed by atoms with Crippen LogP contribution in [0.1, 0.15) is 22.6 Å². The van der Waals surface area contributed by atoms with Gasteiger partial charge in [0.2, 0.25) is 0 Å². The van der Waals surface area contributed by atoms with E-state index in [1.54, 1.807) is 12.1 Å². The molecule has 7 nitrogen and oxygen atoms in total. The van der Waals surface area contributed by atoms with Crippen LogP contribution in [-0.2, 0) is 6.54 Å². The van der Waals surface area contributed by atoms with Crippen molar-refractivity contribution in [3.8, 4) is 0 Å². The highest BCUT2D eigenvalue weighted by atomic mass is 35.5. The predicted octanol–water partition coefficient (Wildman–Crippen LogP) is 2.79. The Morgan fingerprint density at radius 1 is 1.27 bits per heavy atom. The van der Waals surface area contributed by atoms with Gasteiger partial charge in [-0.25, -0.2) is 4.79 Å². The summed E-state index contributed by atoms with van der Waals surface area (Å²) in [4.78, 5) is 14.3. The van der Waals surface area contributed by atoms with Gasteiger partial charge in [-0.2, -0.15) is 0 Å². The molecule has 1 aliphatic rings. The summed E-state index contributed by atoms with van der Waals surface area (Å²) in [6.45, 7) is 0.897. The number of hydrogen-bond acceptors (Lipinski definition) is 5. The summed E-state index contributed by atoms with van der Waals surface area (Å²) in [5, 5.41) is 33.5. The minimum absolute atomic E-state index is 0. The first-order chi connectivity index (χ1) is 13.8. The largest absolute Gasteiger partial charge is 0.394 e. The van der Waals surface area contributed by atoms with E-state index in [1.165, 1.54) is 0 Å². The highest BCUT2D eigenvalue weighted by molar-refractivity contribution is 6.35. The molecule has 0 radical (unpaired) electrons. The molecular weight excluding hydrogens is 453 g/mol. The maximum atomic E-state index is 12.1. The quantitative estimate of drug-likeness (QED) is 0.427. The van der Waals surface area contributed by atoms with Crippen molar-refractivity contribution < 1.29 is 20.1 Å². The molecule has 0 saturated carbocycles. The molecule has 5 N–H and O–H groups in total. The summed E-state index contributed by atoms with van der Waals surface area (Å²) in [6.07, 6.45) is -1.86. The first-order valence-corrected chi connectivity index (χ1v) is 9.85. The molecule has 0 aromatic heterocycles. The monoisotopic (exact) mass is 475 g/mol.